The molecule has 0 bridgehead atoms. The minimum atomic E-state index is -0.308. The van der Waals surface area contributed by atoms with Crippen LogP contribution in [0.3, 0.4) is 0 Å². The summed E-state index contributed by atoms with van der Waals surface area (Å²) in [5, 5.41) is 14.7. The molecule has 0 aliphatic heterocycles. The lowest BCUT2D eigenvalue weighted by Crippen LogP contribution is -2.09. The highest BCUT2D eigenvalue weighted by Crippen LogP contribution is 2.40. The fourth-order valence-corrected chi connectivity index (χ4v) is 2.93. The summed E-state index contributed by atoms with van der Waals surface area (Å²) in [4.78, 5) is 0. The fourth-order valence-electron chi connectivity index (χ4n) is 2.93. The van der Waals surface area contributed by atoms with E-state index in [2.05, 4.69) is 18.9 Å². The normalized spacial score (nSPS) is 26.3. The van der Waals surface area contributed by atoms with Crippen molar-refractivity contribution in [2.75, 3.05) is 0 Å². The second-order valence-corrected chi connectivity index (χ2v) is 5.33. The largest absolute Gasteiger partial charge is 0.388 e. The van der Waals surface area contributed by atoms with Gasteiger partial charge in [-0.3, -0.25) is 4.68 Å². The van der Waals surface area contributed by atoms with Crippen LogP contribution >= 0.6 is 0 Å². The van der Waals surface area contributed by atoms with E-state index in [1.54, 1.807) is 0 Å². The predicted molar refractivity (Wildman–Crippen MR) is 68.6 cm³/mol. The molecule has 3 atom stereocenters. The van der Waals surface area contributed by atoms with Crippen molar-refractivity contribution in [3.05, 3.63) is 18.0 Å². The van der Waals surface area contributed by atoms with E-state index < -0.39 is 0 Å². The van der Waals surface area contributed by atoms with Gasteiger partial charge in [0, 0.05) is 18.3 Å². The Hall–Kier alpha value is -0.830. The molecule has 3 unspecified atom stereocenters. The third-order valence-electron chi connectivity index (χ3n) is 4.05. The number of aliphatic hydroxyl groups is 1. The highest BCUT2D eigenvalue weighted by Gasteiger charge is 2.30. The number of hydrogen-bond acceptors (Lipinski definition) is 2. The standard InChI is InChI=1S/C14H24N2O/c1-3-7-16-10-13(9-15-16)14(17)12-6-5-11(4-2)8-12/h9-12,14,17H,3-8H2,1-2H3. The molecule has 3 nitrogen and oxygen atoms in total. The maximum atomic E-state index is 10.4. The molecule has 3 heteroatoms. The summed E-state index contributed by atoms with van der Waals surface area (Å²) in [6, 6.07) is 0. The van der Waals surface area contributed by atoms with E-state index in [1.807, 2.05) is 17.1 Å². The third-order valence-corrected chi connectivity index (χ3v) is 4.05. The first-order chi connectivity index (χ1) is 8.24. The minimum absolute atomic E-state index is 0.308. The van der Waals surface area contributed by atoms with Crippen molar-refractivity contribution >= 4 is 0 Å². The molecule has 0 radical (unpaired) electrons. The summed E-state index contributed by atoms with van der Waals surface area (Å²) >= 11 is 0. The van der Waals surface area contributed by atoms with Gasteiger partial charge in [-0.05, 0) is 31.1 Å². The SMILES string of the molecule is CCCn1cc(C(O)C2CCC(CC)C2)cn1. The summed E-state index contributed by atoms with van der Waals surface area (Å²) in [5.41, 5.74) is 1.00. The molecule has 96 valence electrons. The van der Waals surface area contributed by atoms with Crippen LogP contribution < -0.4 is 0 Å². The van der Waals surface area contributed by atoms with Crippen LogP contribution in [0.4, 0.5) is 0 Å². The van der Waals surface area contributed by atoms with Gasteiger partial charge in [0.25, 0.3) is 0 Å². The number of rotatable bonds is 5. The molecule has 0 aromatic carbocycles. The second kappa shape index (κ2) is 5.67. The monoisotopic (exact) mass is 236 g/mol. The first-order valence-corrected chi connectivity index (χ1v) is 6.95. The van der Waals surface area contributed by atoms with Crippen molar-refractivity contribution in [2.24, 2.45) is 11.8 Å². The molecule has 17 heavy (non-hydrogen) atoms. The molecular formula is C14H24N2O. The Morgan fingerprint density at radius 1 is 1.47 bits per heavy atom. The van der Waals surface area contributed by atoms with Crippen LogP contribution in [-0.4, -0.2) is 14.9 Å². The Kier molecular flexibility index (Phi) is 4.21. The van der Waals surface area contributed by atoms with Crippen molar-refractivity contribution in [3.8, 4) is 0 Å². The molecular weight excluding hydrogens is 212 g/mol. The van der Waals surface area contributed by atoms with Gasteiger partial charge >= 0.3 is 0 Å². The average Bonchev–Trinajstić information content (AvgIpc) is 2.97. The van der Waals surface area contributed by atoms with Crippen molar-refractivity contribution in [2.45, 2.75) is 58.6 Å². The van der Waals surface area contributed by atoms with E-state index in [4.69, 9.17) is 0 Å². The van der Waals surface area contributed by atoms with Crippen LogP contribution in [0.2, 0.25) is 0 Å². The van der Waals surface area contributed by atoms with Crippen LogP contribution in [0.1, 0.15) is 57.6 Å². The Morgan fingerprint density at radius 2 is 2.29 bits per heavy atom. The summed E-state index contributed by atoms with van der Waals surface area (Å²) in [7, 11) is 0. The van der Waals surface area contributed by atoms with Gasteiger partial charge in [-0.2, -0.15) is 5.10 Å². The van der Waals surface area contributed by atoms with E-state index in [0.29, 0.717) is 5.92 Å². The number of nitrogens with zero attached hydrogens (tertiary/aromatic N) is 2. The van der Waals surface area contributed by atoms with Crippen molar-refractivity contribution < 1.29 is 5.11 Å². The predicted octanol–water partition coefficient (Wildman–Crippen LogP) is 3.15. The van der Waals surface area contributed by atoms with E-state index in [0.717, 1.165) is 24.4 Å². The van der Waals surface area contributed by atoms with Gasteiger partial charge in [-0.15, -0.1) is 0 Å². The van der Waals surface area contributed by atoms with Crippen LogP contribution in [0.25, 0.3) is 0 Å². The summed E-state index contributed by atoms with van der Waals surface area (Å²) in [6.07, 6.45) is 9.48. The number of aromatic nitrogens is 2. The lowest BCUT2D eigenvalue weighted by atomic mass is 9.95. The quantitative estimate of drug-likeness (QED) is 0.852. The molecule has 1 aliphatic carbocycles. The van der Waals surface area contributed by atoms with Crippen LogP contribution in [-0.2, 0) is 6.54 Å². The smallest absolute Gasteiger partial charge is 0.0848 e. The highest BCUT2D eigenvalue weighted by atomic mass is 16.3. The lowest BCUT2D eigenvalue weighted by molar-refractivity contribution is 0.109. The topological polar surface area (TPSA) is 38.0 Å². The maximum Gasteiger partial charge on any atom is 0.0848 e. The van der Waals surface area contributed by atoms with Crippen molar-refractivity contribution in [1.29, 1.82) is 0 Å². The number of aryl methyl sites for hydroxylation is 1. The second-order valence-electron chi connectivity index (χ2n) is 5.33. The zero-order valence-corrected chi connectivity index (χ0v) is 11.0. The van der Waals surface area contributed by atoms with Crippen LogP contribution in [0, 0.1) is 11.8 Å². The average molecular weight is 236 g/mol. The molecule has 2 rings (SSSR count). The summed E-state index contributed by atoms with van der Waals surface area (Å²) in [6.45, 7) is 5.33. The maximum absolute atomic E-state index is 10.4. The van der Waals surface area contributed by atoms with Gasteiger partial charge in [0.05, 0.1) is 12.3 Å². The minimum Gasteiger partial charge on any atom is -0.388 e. The molecule has 1 saturated carbocycles. The summed E-state index contributed by atoms with van der Waals surface area (Å²) < 4.78 is 1.94. The molecule has 1 aromatic rings. The van der Waals surface area contributed by atoms with Crippen LogP contribution in [0.15, 0.2) is 12.4 Å². The summed E-state index contributed by atoms with van der Waals surface area (Å²) in [5.74, 6) is 1.26. The zero-order chi connectivity index (χ0) is 12.3. The fraction of sp³-hybridized carbons (Fsp3) is 0.786. The van der Waals surface area contributed by atoms with Crippen molar-refractivity contribution in [3.63, 3.8) is 0 Å². The van der Waals surface area contributed by atoms with Gasteiger partial charge in [-0.25, -0.2) is 0 Å². The van der Waals surface area contributed by atoms with Crippen molar-refractivity contribution in [1.82, 2.24) is 9.78 Å². The van der Waals surface area contributed by atoms with Gasteiger partial charge in [-0.1, -0.05) is 26.7 Å². The lowest BCUT2D eigenvalue weighted by Gasteiger charge is -2.16. The van der Waals surface area contributed by atoms with E-state index >= 15 is 0 Å². The molecule has 0 amide bonds. The molecule has 1 N–H and O–H groups in total. The van der Waals surface area contributed by atoms with E-state index in [-0.39, 0.29) is 6.10 Å². The number of hydrogen-bond donors (Lipinski definition) is 1. The molecule has 1 aliphatic rings. The Balaban J connectivity index is 1.96. The van der Waals surface area contributed by atoms with Gasteiger partial charge in [0.2, 0.25) is 0 Å². The first-order valence-electron chi connectivity index (χ1n) is 6.95. The van der Waals surface area contributed by atoms with Gasteiger partial charge in [0.1, 0.15) is 0 Å². The Bertz CT molecular complexity index is 348. The van der Waals surface area contributed by atoms with E-state index in [9.17, 15) is 5.11 Å². The van der Waals surface area contributed by atoms with Crippen LogP contribution in [0.5, 0.6) is 0 Å². The number of aliphatic hydroxyl groups excluding tert-OH is 1. The zero-order valence-electron chi connectivity index (χ0n) is 11.0. The van der Waals surface area contributed by atoms with E-state index in [1.165, 1.54) is 25.7 Å². The highest BCUT2D eigenvalue weighted by molar-refractivity contribution is 5.10. The molecule has 0 saturated heterocycles. The molecule has 1 fully saturated rings. The molecule has 1 aromatic heterocycles. The first kappa shape index (κ1) is 12.6. The van der Waals surface area contributed by atoms with Gasteiger partial charge in [0.15, 0.2) is 0 Å². The molecule has 0 spiro atoms. The third kappa shape index (κ3) is 2.89. The Morgan fingerprint density at radius 3 is 2.94 bits per heavy atom. The van der Waals surface area contributed by atoms with Gasteiger partial charge < -0.3 is 5.11 Å². The molecule has 1 heterocycles. The Labute approximate surface area is 104 Å².